The Morgan fingerprint density at radius 1 is 1.14 bits per heavy atom. The number of halogens is 1. The maximum absolute atomic E-state index is 12.7. The number of fused-ring (bicyclic) bond motifs is 1. The number of hydrogen-bond donors (Lipinski definition) is 1. The number of methoxy groups -OCH3 is 2. The Hall–Kier alpha value is -2.80. The summed E-state index contributed by atoms with van der Waals surface area (Å²) in [6, 6.07) is 12.4. The zero-order valence-electron chi connectivity index (χ0n) is 15.5. The maximum Gasteiger partial charge on any atom is 0.307 e. The van der Waals surface area contributed by atoms with Crippen molar-refractivity contribution >= 4 is 38.8 Å². The van der Waals surface area contributed by atoms with Crippen LogP contribution in [0, 0.1) is 0 Å². The van der Waals surface area contributed by atoms with Crippen molar-refractivity contribution in [3.05, 3.63) is 64.3 Å². The van der Waals surface area contributed by atoms with Crippen molar-refractivity contribution in [2.75, 3.05) is 14.2 Å². The summed E-state index contributed by atoms with van der Waals surface area (Å²) >= 11 is 3.38. The summed E-state index contributed by atoms with van der Waals surface area (Å²) in [5.41, 5.74) is 2.24. The van der Waals surface area contributed by atoms with Gasteiger partial charge in [0.05, 0.1) is 39.4 Å². The van der Waals surface area contributed by atoms with Gasteiger partial charge in [0.2, 0.25) is 5.91 Å². The molecular weight excluding hydrogens is 426 g/mol. The maximum atomic E-state index is 12.7. The van der Waals surface area contributed by atoms with E-state index in [0.29, 0.717) is 11.3 Å². The molecule has 1 atom stereocenters. The Balaban J connectivity index is 1.76. The van der Waals surface area contributed by atoms with Gasteiger partial charge in [-0.1, -0.05) is 28.1 Å². The van der Waals surface area contributed by atoms with Gasteiger partial charge in [-0.3, -0.25) is 9.59 Å². The van der Waals surface area contributed by atoms with E-state index in [-0.39, 0.29) is 18.7 Å². The Kier molecular flexibility index (Phi) is 6.36. The first kappa shape index (κ1) is 19.9. The number of rotatable bonds is 7. The molecule has 0 bridgehead atoms. The Morgan fingerprint density at radius 3 is 2.57 bits per heavy atom. The van der Waals surface area contributed by atoms with Crippen molar-refractivity contribution in [2.45, 2.75) is 18.9 Å². The van der Waals surface area contributed by atoms with Gasteiger partial charge in [-0.2, -0.15) is 0 Å². The molecular formula is C21H20BrNO5. The highest BCUT2D eigenvalue weighted by atomic mass is 79.9. The van der Waals surface area contributed by atoms with Crippen LogP contribution in [-0.4, -0.2) is 26.1 Å². The fourth-order valence-corrected chi connectivity index (χ4v) is 3.21. The number of amides is 1. The third kappa shape index (κ3) is 4.72. The van der Waals surface area contributed by atoms with Crippen LogP contribution >= 0.6 is 15.9 Å². The van der Waals surface area contributed by atoms with E-state index in [2.05, 4.69) is 21.2 Å². The third-order valence-electron chi connectivity index (χ3n) is 4.42. The van der Waals surface area contributed by atoms with Crippen LogP contribution in [0.1, 0.15) is 23.6 Å². The van der Waals surface area contributed by atoms with Crippen molar-refractivity contribution in [2.24, 2.45) is 0 Å². The van der Waals surface area contributed by atoms with Crippen LogP contribution in [0.2, 0.25) is 0 Å². The zero-order chi connectivity index (χ0) is 20.1. The van der Waals surface area contributed by atoms with E-state index in [9.17, 15) is 9.59 Å². The molecule has 2 aromatic carbocycles. The SMILES string of the molecule is COC(=O)CC(NC(=O)Cc1coc2cc(OC)ccc12)c1ccc(Br)cc1. The second kappa shape index (κ2) is 8.93. The van der Waals surface area contributed by atoms with Crippen molar-refractivity contribution < 1.29 is 23.5 Å². The van der Waals surface area contributed by atoms with Crippen LogP contribution < -0.4 is 10.1 Å². The van der Waals surface area contributed by atoms with E-state index < -0.39 is 12.0 Å². The predicted molar refractivity (Wildman–Crippen MR) is 108 cm³/mol. The molecule has 0 radical (unpaired) electrons. The lowest BCUT2D eigenvalue weighted by Crippen LogP contribution is -2.31. The first-order chi connectivity index (χ1) is 13.5. The number of nitrogens with one attached hydrogen (secondary N) is 1. The Labute approximate surface area is 170 Å². The highest BCUT2D eigenvalue weighted by Gasteiger charge is 2.20. The molecule has 1 amide bonds. The molecule has 1 N–H and O–H groups in total. The molecule has 0 saturated heterocycles. The largest absolute Gasteiger partial charge is 0.497 e. The zero-order valence-corrected chi connectivity index (χ0v) is 17.1. The van der Waals surface area contributed by atoms with Gasteiger partial charge in [-0.15, -0.1) is 0 Å². The standard InChI is InChI=1S/C21H20BrNO5/c1-26-16-7-8-17-14(12-28-19(17)10-16)9-20(24)23-18(11-21(25)27-2)13-3-5-15(22)6-4-13/h3-8,10,12,18H,9,11H2,1-2H3,(H,23,24). The number of hydrogen-bond acceptors (Lipinski definition) is 5. The lowest BCUT2D eigenvalue weighted by molar-refractivity contribution is -0.141. The fourth-order valence-electron chi connectivity index (χ4n) is 2.94. The summed E-state index contributed by atoms with van der Waals surface area (Å²) < 4.78 is 16.4. The van der Waals surface area contributed by atoms with Crippen LogP contribution in [0.4, 0.5) is 0 Å². The van der Waals surface area contributed by atoms with Crippen LogP contribution in [0.15, 0.2) is 57.6 Å². The molecule has 0 aliphatic rings. The predicted octanol–water partition coefficient (Wildman–Crippen LogP) is 4.17. The van der Waals surface area contributed by atoms with Crippen molar-refractivity contribution in [1.29, 1.82) is 0 Å². The van der Waals surface area contributed by atoms with Crippen LogP contribution in [-0.2, 0) is 20.7 Å². The molecule has 146 valence electrons. The summed E-state index contributed by atoms with van der Waals surface area (Å²) in [7, 11) is 2.91. The molecule has 3 rings (SSSR count). The van der Waals surface area contributed by atoms with Crippen LogP contribution in [0.3, 0.4) is 0 Å². The lowest BCUT2D eigenvalue weighted by Gasteiger charge is -2.18. The van der Waals surface area contributed by atoms with Gasteiger partial charge in [0.15, 0.2) is 0 Å². The number of benzene rings is 2. The van der Waals surface area contributed by atoms with Gasteiger partial charge >= 0.3 is 5.97 Å². The van der Waals surface area contributed by atoms with Gasteiger partial charge in [-0.25, -0.2) is 0 Å². The average molecular weight is 446 g/mol. The molecule has 0 spiro atoms. The van der Waals surface area contributed by atoms with Crippen molar-refractivity contribution in [1.82, 2.24) is 5.32 Å². The molecule has 0 fully saturated rings. The third-order valence-corrected chi connectivity index (χ3v) is 4.95. The summed E-state index contributed by atoms with van der Waals surface area (Å²) in [6.07, 6.45) is 1.75. The van der Waals surface area contributed by atoms with Crippen LogP contribution in [0.25, 0.3) is 11.0 Å². The first-order valence-electron chi connectivity index (χ1n) is 8.66. The topological polar surface area (TPSA) is 77.8 Å². The smallest absolute Gasteiger partial charge is 0.307 e. The molecule has 6 nitrogen and oxygen atoms in total. The molecule has 1 heterocycles. The van der Waals surface area contributed by atoms with E-state index in [1.165, 1.54) is 7.11 Å². The van der Waals surface area contributed by atoms with Crippen molar-refractivity contribution in [3.63, 3.8) is 0 Å². The molecule has 28 heavy (non-hydrogen) atoms. The highest BCUT2D eigenvalue weighted by Crippen LogP contribution is 2.26. The second-order valence-corrected chi connectivity index (χ2v) is 7.17. The summed E-state index contributed by atoms with van der Waals surface area (Å²) in [4.78, 5) is 24.4. The lowest BCUT2D eigenvalue weighted by atomic mass is 10.0. The number of ether oxygens (including phenoxy) is 2. The van der Waals surface area contributed by atoms with Crippen molar-refractivity contribution in [3.8, 4) is 5.75 Å². The van der Waals surface area contributed by atoms with E-state index in [1.54, 1.807) is 19.4 Å². The normalized spacial score (nSPS) is 11.8. The minimum atomic E-state index is -0.480. The average Bonchev–Trinajstić information content (AvgIpc) is 3.09. The van der Waals surface area contributed by atoms with Crippen LogP contribution in [0.5, 0.6) is 5.75 Å². The van der Waals surface area contributed by atoms with Gasteiger partial charge in [0.25, 0.3) is 0 Å². The van der Waals surface area contributed by atoms with E-state index >= 15 is 0 Å². The number of carbonyl (C=O) groups excluding carboxylic acids is 2. The van der Waals surface area contributed by atoms with Gasteiger partial charge in [-0.05, 0) is 29.8 Å². The van der Waals surface area contributed by atoms with Gasteiger partial charge < -0.3 is 19.2 Å². The first-order valence-corrected chi connectivity index (χ1v) is 9.45. The van der Waals surface area contributed by atoms with Gasteiger partial charge in [0, 0.05) is 21.5 Å². The molecule has 0 aliphatic heterocycles. The number of carbonyl (C=O) groups is 2. The summed E-state index contributed by atoms with van der Waals surface area (Å²) in [6.45, 7) is 0. The molecule has 3 aromatic rings. The second-order valence-electron chi connectivity index (χ2n) is 6.25. The molecule has 0 aliphatic carbocycles. The van der Waals surface area contributed by atoms with Gasteiger partial charge in [0.1, 0.15) is 11.3 Å². The van der Waals surface area contributed by atoms with E-state index in [4.69, 9.17) is 13.9 Å². The summed E-state index contributed by atoms with van der Waals surface area (Å²) in [5, 5.41) is 3.77. The minimum Gasteiger partial charge on any atom is -0.497 e. The Morgan fingerprint density at radius 2 is 1.89 bits per heavy atom. The molecule has 1 aromatic heterocycles. The summed E-state index contributed by atoms with van der Waals surface area (Å²) in [5.74, 6) is 0.0793. The quantitative estimate of drug-likeness (QED) is 0.552. The minimum absolute atomic E-state index is 0.0488. The van der Waals surface area contributed by atoms with E-state index in [0.717, 1.165) is 21.0 Å². The highest BCUT2D eigenvalue weighted by molar-refractivity contribution is 9.10. The Bertz CT molecular complexity index is 980. The number of esters is 1. The molecule has 0 saturated carbocycles. The molecule has 7 heteroatoms. The molecule has 1 unspecified atom stereocenters. The monoisotopic (exact) mass is 445 g/mol. The number of furan rings is 1. The fraction of sp³-hybridized carbons (Fsp3) is 0.238. The van der Waals surface area contributed by atoms with E-state index in [1.807, 2.05) is 36.4 Å².